The zero-order chi connectivity index (χ0) is 14.4. The lowest BCUT2D eigenvalue weighted by molar-refractivity contribution is 0.0766. The Balaban J connectivity index is 2.99. The SMILES string of the molecule is CCC(C)Nc1cc(C(=O)N(CC)CC)nc(C)n1. The Hall–Kier alpha value is -1.65. The molecule has 0 spiro atoms. The highest BCUT2D eigenvalue weighted by molar-refractivity contribution is 5.93. The second-order valence-electron chi connectivity index (χ2n) is 4.62. The molecule has 0 radical (unpaired) electrons. The monoisotopic (exact) mass is 264 g/mol. The summed E-state index contributed by atoms with van der Waals surface area (Å²) in [6.07, 6.45) is 1.00. The average Bonchev–Trinajstić information content (AvgIpc) is 2.39. The Labute approximate surface area is 115 Å². The molecule has 1 heterocycles. The van der Waals surface area contributed by atoms with Crippen LogP contribution in [0.3, 0.4) is 0 Å². The number of aryl methyl sites for hydroxylation is 1. The molecule has 0 saturated heterocycles. The third kappa shape index (κ3) is 4.19. The van der Waals surface area contributed by atoms with Gasteiger partial charge in [0.1, 0.15) is 17.3 Å². The highest BCUT2D eigenvalue weighted by Gasteiger charge is 2.16. The number of hydrogen-bond acceptors (Lipinski definition) is 4. The van der Waals surface area contributed by atoms with Crippen molar-refractivity contribution < 1.29 is 4.79 Å². The number of nitrogens with zero attached hydrogens (tertiary/aromatic N) is 3. The second-order valence-corrected chi connectivity index (χ2v) is 4.62. The molecular formula is C14H24N4O. The fourth-order valence-electron chi connectivity index (χ4n) is 1.78. The Bertz CT molecular complexity index is 429. The van der Waals surface area contributed by atoms with E-state index in [-0.39, 0.29) is 5.91 Å². The molecule has 106 valence electrons. The van der Waals surface area contributed by atoms with Crippen LogP contribution in [0, 0.1) is 6.92 Å². The molecule has 0 aliphatic heterocycles. The molecule has 5 nitrogen and oxygen atoms in total. The summed E-state index contributed by atoms with van der Waals surface area (Å²) in [6.45, 7) is 11.3. The molecular weight excluding hydrogens is 240 g/mol. The highest BCUT2D eigenvalue weighted by Crippen LogP contribution is 2.11. The number of carbonyl (C=O) groups is 1. The Kier molecular flexibility index (Phi) is 5.73. The quantitative estimate of drug-likeness (QED) is 0.857. The van der Waals surface area contributed by atoms with Gasteiger partial charge in [-0.05, 0) is 34.1 Å². The van der Waals surface area contributed by atoms with Gasteiger partial charge in [0.25, 0.3) is 5.91 Å². The van der Waals surface area contributed by atoms with E-state index in [0.29, 0.717) is 30.6 Å². The van der Waals surface area contributed by atoms with Gasteiger partial charge in [0, 0.05) is 25.2 Å². The van der Waals surface area contributed by atoms with Crippen LogP contribution in [-0.4, -0.2) is 39.9 Å². The first-order valence-electron chi connectivity index (χ1n) is 6.93. The van der Waals surface area contributed by atoms with Crippen LogP contribution in [0.4, 0.5) is 5.82 Å². The van der Waals surface area contributed by atoms with E-state index in [9.17, 15) is 4.79 Å². The minimum Gasteiger partial charge on any atom is -0.368 e. The first-order chi connectivity index (χ1) is 9.01. The summed E-state index contributed by atoms with van der Waals surface area (Å²) in [5, 5.41) is 3.28. The van der Waals surface area contributed by atoms with Crippen LogP contribution in [0.15, 0.2) is 6.07 Å². The number of nitrogens with one attached hydrogen (secondary N) is 1. The van der Waals surface area contributed by atoms with Crippen LogP contribution >= 0.6 is 0 Å². The van der Waals surface area contributed by atoms with Gasteiger partial charge in [-0.3, -0.25) is 4.79 Å². The van der Waals surface area contributed by atoms with E-state index in [1.165, 1.54) is 0 Å². The highest BCUT2D eigenvalue weighted by atomic mass is 16.2. The van der Waals surface area contributed by atoms with Gasteiger partial charge in [0.15, 0.2) is 0 Å². The van der Waals surface area contributed by atoms with Gasteiger partial charge in [-0.25, -0.2) is 9.97 Å². The van der Waals surface area contributed by atoms with Gasteiger partial charge in [-0.2, -0.15) is 0 Å². The molecule has 5 heteroatoms. The third-order valence-electron chi connectivity index (χ3n) is 3.11. The van der Waals surface area contributed by atoms with Crippen molar-refractivity contribution in [1.29, 1.82) is 0 Å². The second kappa shape index (κ2) is 7.07. The fourth-order valence-corrected chi connectivity index (χ4v) is 1.78. The van der Waals surface area contributed by atoms with Gasteiger partial charge < -0.3 is 10.2 Å². The van der Waals surface area contributed by atoms with Crippen LogP contribution in [0.5, 0.6) is 0 Å². The first kappa shape index (κ1) is 15.4. The van der Waals surface area contributed by atoms with Crippen molar-refractivity contribution in [2.45, 2.75) is 47.1 Å². The first-order valence-corrected chi connectivity index (χ1v) is 6.93. The lowest BCUT2D eigenvalue weighted by atomic mass is 10.2. The number of aromatic nitrogens is 2. The number of rotatable bonds is 6. The van der Waals surface area contributed by atoms with Crippen LogP contribution in [0.2, 0.25) is 0 Å². The molecule has 19 heavy (non-hydrogen) atoms. The largest absolute Gasteiger partial charge is 0.368 e. The molecule has 1 atom stereocenters. The van der Waals surface area contributed by atoms with Gasteiger partial charge >= 0.3 is 0 Å². The molecule has 1 aromatic heterocycles. The van der Waals surface area contributed by atoms with Crippen molar-refractivity contribution >= 4 is 11.7 Å². The number of anilines is 1. The molecule has 1 unspecified atom stereocenters. The van der Waals surface area contributed by atoms with E-state index in [2.05, 4.69) is 29.1 Å². The van der Waals surface area contributed by atoms with Crippen LogP contribution < -0.4 is 5.32 Å². The number of amides is 1. The van der Waals surface area contributed by atoms with Gasteiger partial charge in [-0.1, -0.05) is 6.92 Å². The van der Waals surface area contributed by atoms with Crippen molar-refractivity contribution in [2.75, 3.05) is 18.4 Å². The summed E-state index contributed by atoms with van der Waals surface area (Å²) in [5.74, 6) is 1.30. The predicted octanol–water partition coefficient (Wildman–Crippen LogP) is 2.48. The average molecular weight is 264 g/mol. The van der Waals surface area contributed by atoms with Crippen molar-refractivity contribution in [3.63, 3.8) is 0 Å². The molecule has 0 saturated carbocycles. The maximum Gasteiger partial charge on any atom is 0.272 e. The molecule has 0 fully saturated rings. The summed E-state index contributed by atoms with van der Waals surface area (Å²) in [5.41, 5.74) is 0.460. The van der Waals surface area contributed by atoms with Crippen molar-refractivity contribution in [2.24, 2.45) is 0 Å². The van der Waals surface area contributed by atoms with E-state index < -0.39 is 0 Å². The minimum absolute atomic E-state index is 0.0392. The van der Waals surface area contributed by atoms with Crippen molar-refractivity contribution in [1.82, 2.24) is 14.9 Å². The lowest BCUT2D eigenvalue weighted by Crippen LogP contribution is -2.31. The molecule has 0 aliphatic carbocycles. The summed E-state index contributed by atoms with van der Waals surface area (Å²) >= 11 is 0. The third-order valence-corrected chi connectivity index (χ3v) is 3.11. The number of hydrogen-bond donors (Lipinski definition) is 1. The van der Waals surface area contributed by atoms with Gasteiger partial charge in [0.2, 0.25) is 0 Å². The molecule has 1 rings (SSSR count). The molecule has 1 amide bonds. The van der Waals surface area contributed by atoms with Crippen LogP contribution in [0.1, 0.15) is 50.4 Å². The lowest BCUT2D eigenvalue weighted by Gasteiger charge is -2.19. The smallest absolute Gasteiger partial charge is 0.272 e. The zero-order valence-electron chi connectivity index (χ0n) is 12.5. The van der Waals surface area contributed by atoms with E-state index in [1.54, 1.807) is 17.9 Å². The summed E-state index contributed by atoms with van der Waals surface area (Å²) < 4.78 is 0. The normalized spacial score (nSPS) is 12.1. The summed E-state index contributed by atoms with van der Waals surface area (Å²) in [6, 6.07) is 2.06. The predicted molar refractivity (Wildman–Crippen MR) is 77.4 cm³/mol. The van der Waals surface area contributed by atoms with Crippen molar-refractivity contribution in [3.05, 3.63) is 17.6 Å². The van der Waals surface area contributed by atoms with Crippen molar-refractivity contribution in [3.8, 4) is 0 Å². The fraction of sp³-hybridized carbons (Fsp3) is 0.643. The zero-order valence-corrected chi connectivity index (χ0v) is 12.5. The minimum atomic E-state index is -0.0392. The Morgan fingerprint density at radius 1 is 1.32 bits per heavy atom. The van der Waals surface area contributed by atoms with E-state index in [1.807, 2.05) is 13.8 Å². The van der Waals surface area contributed by atoms with E-state index >= 15 is 0 Å². The van der Waals surface area contributed by atoms with Gasteiger partial charge in [0.05, 0.1) is 0 Å². The molecule has 0 bridgehead atoms. The van der Waals surface area contributed by atoms with Gasteiger partial charge in [-0.15, -0.1) is 0 Å². The molecule has 1 aromatic rings. The van der Waals surface area contributed by atoms with Crippen LogP contribution in [-0.2, 0) is 0 Å². The topological polar surface area (TPSA) is 58.1 Å². The molecule has 0 aromatic carbocycles. The Morgan fingerprint density at radius 2 is 1.95 bits per heavy atom. The Morgan fingerprint density at radius 3 is 2.47 bits per heavy atom. The standard InChI is InChI=1S/C14H24N4O/c1-6-10(4)15-13-9-12(16-11(5)17-13)14(19)18(7-2)8-3/h9-10H,6-8H2,1-5H3,(H,15,16,17). The maximum atomic E-state index is 12.3. The number of carbonyl (C=O) groups excluding carboxylic acids is 1. The molecule has 1 N–H and O–H groups in total. The summed E-state index contributed by atoms with van der Waals surface area (Å²) in [7, 11) is 0. The molecule has 0 aliphatic rings. The van der Waals surface area contributed by atoms with E-state index in [4.69, 9.17) is 0 Å². The maximum absolute atomic E-state index is 12.3. The van der Waals surface area contributed by atoms with Crippen LogP contribution in [0.25, 0.3) is 0 Å². The summed E-state index contributed by atoms with van der Waals surface area (Å²) in [4.78, 5) is 22.6. The van der Waals surface area contributed by atoms with E-state index in [0.717, 1.165) is 12.2 Å².